The molecular weight excluding hydrogens is 144 g/mol. The highest BCUT2D eigenvalue weighted by molar-refractivity contribution is 5.92. The Bertz CT molecular complexity index is 157. The minimum Gasteiger partial charge on any atom is -0.346 e. The highest BCUT2D eigenvalue weighted by Crippen LogP contribution is 2.05. The molecule has 0 bridgehead atoms. The first-order chi connectivity index (χ1) is 5.34. The van der Waals surface area contributed by atoms with Gasteiger partial charge in [-0.15, -0.1) is 0 Å². The zero-order valence-electron chi connectivity index (χ0n) is 6.58. The molecule has 1 aliphatic rings. The molecule has 0 atom stereocenters. The number of carbonyl (C=O) groups is 1. The van der Waals surface area contributed by atoms with Gasteiger partial charge in [0.1, 0.15) is 0 Å². The van der Waals surface area contributed by atoms with Gasteiger partial charge in [0.2, 0.25) is 12.1 Å². The molecule has 0 saturated carbocycles. The van der Waals surface area contributed by atoms with Crippen molar-refractivity contribution in [3.63, 3.8) is 0 Å². The fraction of sp³-hybridized carbons (Fsp3) is 0.625. The van der Waals surface area contributed by atoms with E-state index < -0.39 is 6.29 Å². The summed E-state index contributed by atoms with van der Waals surface area (Å²) in [6.07, 6.45) is 3.37. The fourth-order valence-corrected chi connectivity index (χ4v) is 0.895. The van der Waals surface area contributed by atoms with E-state index in [9.17, 15) is 4.79 Å². The van der Waals surface area contributed by atoms with E-state index in [0.717, 1.165) is 6.42 Å². The number of ketones is 1. The van der Waals surface area contributed by atoms with Crippen LogP contribution >= 0.6 is 0 Å². The largest absolute Gasteiger partial charge is 0.346 e. The zero-order valence-corrected chi connectivity index (χ0v) is 6.58. The Morgan fingerprint density at radius 2 is 2.09 bits per heavy atom. The summed E-state index contributed by atoms with van der Waals surface area (Å²) in [5.41, 5.74) is 0. The summed E-state index contributed by atoms with van der Waals surface area (Å²) in [6, 6.07) is 0. The Morgan fingerprint density at radius 1 is 1.45 bits per heavy atom. The van der Waals surface area contributed by atoms with Crippen LogP contribution in [-0.2, 0) is 14.3 Å². The second kappa shape index (κ2) is 4.26. The number of allylic oxidation sites excluding steroid dienone is 1. The minimum absolute atomic E-state index is 0.104. The normalized spacial score (nSPS) is 20.8. The van der Waals surface area contributed by atoms with Gasteiger partial charge in [-0.25, -0.2) is 0 Å². The minimum atomic E-state index is -0.653. The maximum atomic E-state index is 11.1. The second-order valence-corrected chi connectivity index (χ2v) is 2.33. The third kappa shape index (κ3) is 2.44. The predicted octanol–water partition coefficient (Wildman–Crippen LogP) is 0.895. The first-order valence-electron chi connectivity index (χ1n) is 3.74. The van der Waals surface area contributed by atoms with Gasteiger partial charge >= 0.3 is 0 Å². The van der Waals surface area contributed by atoms with Crippen molar-refractivity contribution in [2.45, 2.75) is 19.6 Å². The molecular formula is C8H12O3. The van der Waals surface area contributed by atoms with Crippen LogP contribution in [0, 0.1) is 0 Å². The fourth-order valence-electron chi connectivity index (χ4n) is 0.895. The molecule has 11 heavy (non-hydrogen) atoms. The van der Waals surface area contributed by atoms with Gasteiger partial charge in [-0.2, -0.15) is 0 Å². The van der Waals surface area contributed by atoms with Gasteiger partial charge in [-0.1, -0.05) is 6.08 Å². The van der Waals surface area contributed by atoms with E-state index in [-0.39, 0.29) is 5.78 Å². The summed E-state index contributed by atoms with van der Waals surface area (Å²) >= 11 is 0. The standard InChI is InChI=1S/C8H12O3/c1-2-4-7(9)8-10-5-3-6-11-8/h2,4,8H,3,5-6H2,1H3. The Hall–Kier alpha value is -0.670. The van der Waals surface area contributed by atoms with E-state index >= 15 is 0 Å². The van der Waals surface area contributed by atoms with Crippen LogP contribution in [0.2, 0.25) is 0 Å². The van der Waals surface area contributed by atoms with Crippen LogP contribution in [0.1, 0.15) is 13.3 Å². The van der Waals surface area contributed by atoms with Gasteiger partial charge in [0.25, 0.3) is 0 Å². The molecule has 0 N–H and O–H groups in total. The number of rotatable bonds is 2. The molecule has 1 fully saturated rings. The van der Waals surface area contributed by atoms with Crippen molar-refractivity contribution in [3.8, 4) is 0 Å². The maximum Gasteiger partial charge on any atom is 0.221 e. The molecule has 0 aromatic heterocycles. The van der Waals surface area contributed by atoms with Gasteiger partial charge in [-0.3, -0.25) is 4.79 Å². The molecule has 1 rings (SSSR count). The Morgan fingerprint density at radius 3 is 2.64 bits per heavy atom. The van der Waals surface area contributed by atoms with Crippen molar-refractivity contribution in [2.24, 2.45) is 0 Å². The number of carbonyl (C=O) groups excluding carboxylic acids is 1. The molecule has 3 nitrogen and oxygen atoms in total. The van der Waals surface area contributed by atoms with Crippen molar-refractivity contribution in [1.29, 1.82) is 0 Å². The van der Waals surface area contributed by atoms with Gasteiger partial charge in [0.15, 0.2) is 0 Å². The molecule has 1 aliphatic heterocycles. The number of hydrogen-bond acceptors (Lipinski definition) is 3. The zero-order chi connectivity index (χ0) is 8.10. The van der Waals surface area contributed by atoms with Gasteiger partial charge in [-0.05, 0) is 19.4 Å². The number of hydrogen-bond donors (Lipinski definition) is 0. The van der Waals surface area contributed by atoms with E-state index in [4.69, 9.17) is 9.47 Å². The predicted molar refractivity (Wildman–Crippen MR) is 40.1 cm³/mol. The third-order valence-electron chi connectivity index (χ3n) is 1.39. The first kappa shape index (κ1) is 8.43. The molecule has 0 spiro atoms. The topological polar surface area (TPSA) is 35.5 Å². The third-order valence-corrected chi connectivity index (χ3v) is 1.39. The molecule has 0 aliphatic carbocycles. The summed E-state index contributed by atoms with van der Waals surface area (Å²) in [5, 5.41) is 0. The highest BCUT2D eigenvalue weighted by atomic mass is 16.7. The van der Waals surface area contributed by atoms with Crippen molar-refractivity contribution < 1.29 is 14.3 Å². The number of ether oxygens (including phenoxy) is 2. The smallest absolute Gasteiger partial charge is 0.221 e. The molecule has 0 aromatic carbocycles. The van der Waals surface area contributed by atoms with Crippen LogP contribution in [0.3, 0.4) is 0 Å². The van der Waals surface area contributed by atoms with Crippen molar-refractivity contribution in [2.75, 3.05) is 13.2 Å². The summed E-state index contributed by atoms with van der Waals surface area (Å²) in [4.78, 5) is 11.1. The molecule has 62 valence electrons. The van der Waals surface area contributed by atoms with E-state index in [1.54, 1.807) is 13.0 Å². The monoisotopic (exact) mass is 156 g/mol. The lowest BCUT2D eigenvalue weighted by Crippen LogP contribution is -2.31. The molecule has 1 heterocycles. The van der Waals surface area contributed by atoms with E-state index in [1.165, 1.54) is 6.08 Å². The average Bonchev–Trinajstić information content (AvgIpc) is 2.07. The van der Waals surface area contributed by atoms with Crippen molar-refractivity contribution in [1.82, 2.24) is 0 Å². The molecule has 0 aromatic rings. The van der Waals surface area contributed by atoms with Gasteiger partial charge in [0.05, 0.1) is 13.2 Å². The van der Waals surface area contributed by atoms with Gasteiger partial charge in [0, 0.05) is 0 Å². The Labute approximate surface area is 66.0 Å². The van der Waals surface area contributed by atoms with E-state index in [1.807, 2.05) is 0 Å². The van der Waals surface area contributed by atoms with Crippen LogP contribution in [0.4, 0.5) is 0 Å². The molecule has 0 unspecified atom stereocenters. The summed E-state index contributed by atoms with van der Waals surface area (Å²) < 4.78 is 10.1. The van der Waals surface area contributed by atoms with Crippen LogP contribution in [-0.4, -0.2) is 25.3 Å². The van der Waals surface area contributed by atoms with Crippen LogP contribution in [0.25, 0.3) is 0 Å². The summed E-state index contributed by atoms with van der Waals surface area (Å²) in [7, 11) is 0. The Kier molecular flexibility index (Phi) is 3.26. The maximum absolute atomic E-state index is 11.1. The molecule has 1 saturated heterocycles. The van der Waals surface area contributed by atoms with Crippen LogP contribution in [0.5, 0.6) is 0 Å². The first-order valence-corrected chi connectivity index (χ1v) is 3.74. The Balaban J connectivity index is 2.38. The lowest BCUT2D eigenvalue weighted by Gasteiger charge is -2.20. The lowest BCUT2D eigenvalue weighted by molar-refractivity contribution is -0.184. The second-order valence-electron chi connectivity index (χ2n) is 2.33. The molecule has 3 heteroatoms. The molecule has 0 radical (unpaired) electrons. The SMILES string of the molecule is CC=CC(=O)C1OCCCO1. The van der Waals surface area contributed by atoms with E-state index in [0.29, 0.717) is 13.2 Å². The van der Waals surface area contributed by atoms with Crippen LogP contribution in [0.15, 0.2) is 12.2 Å². The van der Waals surface area contributed by atoms with Crippen molar-refractivity contribution >= 4 is 5.78 Å². The quantitative estimate of drug-likeness (QED) is 0.557. The average molecular weight is 156 g/mol. The highest BCUT2D eigenvalue weighted by Gasteiger charge is 2.19. The van der Waals surface area contributed by atoms with E-state index in [2.05, 4.69) is 0 Å². The summed E-state index contributed by atoms with van der Waals surface area (Å²) in [6.45, 7) is 3.03. The van der Waals surface area contributed by atoms with Crippen molar-refractivity contribution in [3.05, 3.63) is 12.2 Å². The lowest BCUT2D eigenvalue weighted by atomic mass is 10.3. The van der Waals surface area contributed by atoms with Gasteiger partial charge < -0.3 is 9.47 Å². The summed E-state index contributed by atoms with van der Waals surface area (Å²) in [5.74, 6) is -0.104. The molecule has 0 amide bonds. The van der Waals surface area contributed by atoms with Crippen LogP contribution < -0.4 is 0 Å².